The van der Waals surface area contributed by atoms with Gasteiger partial charge in [0.2, 0.25) is 0 Å². The van der Waals surface area contributed by atoms with Crippen molar-refractivity contribution in [2.45, 2.75) is 0 Å². The van der Waals surface area contributed by atoms with Gasteiger partial charge >= 0.3 is 0 Å². The summed E-state index contributed by atoms with van der Waals surface area (Å²) in [6.07, 6.45) is 0. The van der Waals surface area contributed by atoms with Crippen LogP contribution >= 0.6 is 46.4 Å². The van der Waals surface area contributed by atoms with Crippen LogP contribution in [0.25, 0.3) is 0 Å². The fourth-order valence-corrected chi connectivity index (χ4v) is 2.16. The second-order valence-electron chi connectivity index (χ2n) is 3.81. The minimum Gasteiger partial charge on any atom is -0.258 e. The molecule has 0 aliphatic heterocycles. The number of azo groups is 1. The normalized spacial score (nSPS) is 11.0. The Labute approximate surface area is 139 Å². The molecule has 2 aromatic carbocycles. The fourth-order valence-electron chi connectivity index (χ4n) is 1.41. The first-order chi connectivity index (χ1) is 9.88. The first-order valence-electron chi connectivity index (χ1n) is 5.38. The Hall–Kier alpha value is -1.40. The zero-order valence-electron chi connectivity index (χ0n) is 10.1. The van der Waals surface area contributed by atoms with E-state index in [1.807, 2.05) is 0 Å². The van der Waals surface area contributed by atoms with Gasteiger partial charge in [0, 0.05) is 11.1 Å². The summed E-state index contributed by atoms with van der Waals surface area (Å²) in [5.74, 6) is 0. The van der Waals surface area contributed by atoms with Crippen LogP contribution in [0.2, 0.25) is 20.1 Å². The summed E-state index contributed by atoms with van der Waals surface area (Å²) in [5, 5.41) is 19.3. The number of rotatable bonds is 3. The van der Waals surface area contributed by atoms with E-state index in [1.165, 1.54) is 12.1 Å². The molecule has 2 aromatic rings. The summed E-state index contributed by atoms with van der Waals surface area (Å²) >= 11 is 23.5. The van der Waals surface area contributed by atoms with Crippen molar-refractivity contribution in [1.82, 2.24) is 0 Å². The molecular formula is C12H5Cl4N3O2. The summed E-state index contributed by atoms with van der Waals surface area (Å²) in [6, 6.07) is 7.07. The topological polar surface area (TPSA) is 67.9 Å². The van der Waals surface area contributed by atoms with E-state index in [0.717, 1.165) is 6.07 Å². The van der Waals surface area contributed by atoms with Crippen molar-refractivity contribution >= 4 is 63.5 Å². The molecule has 5 nitrogen and oxygen atoms in total. The molecule has 0 N–H and O–H groups in total. The first kappa shape index (κ1) is 16.0. The monoisotopic (exact) mass is 363 g/mol. The Morgan fingerprint density at radius 3 is 2.10 bits per heavy atom. The average molecular weight is 365 g/mol. The van der Waals surface area contributed by atoms with Crippen molar-refractivity contribution < 1.29 is 4.92 Å². The Kier molecular flexibility index (Phi) is 5.00. The van der Waals surface area contributed by atoms with Gasteiger partial charge in [-0.1, -0.05) is 46.4 Å². The van der Waals surface area contributed by atoms with Crippen LogP contribution < -0.4 is 0 Å². The zero-order valence-corrected chi connectivity index (χ0v) is 13.1. The van der Waals surface area contributed by atoms with E-state index < -0.39 is 4.92 Å². The maximum Gasteiger partial charge on any atom is 0.289 e. The molecule has 0 heterocycles. The van der Waals surface area contributed by atoms with Gasteiger partial charge in [-0.3, -0.25) is 10.1 Å². The van der Waals surface area contributed by atoms with Gasteiger partial charge in [0.25, 0.3) is 5.69 Å². The summed E-state index contributed by atoms with van der Waals surface area (Å²) in [4.78, 5) is 10.1. The molecule has 2 rings (SSSR count). The largest absolute Gasteiger partial charge is 0.289 e. The molecule has 0 saturated carbocycles. The van der Waals surface area contributed by atoms with Gasteiger partial charge in [0.15, 0.2) is 0 Å². The van der Waals surface area contributed by atoms with Crippen LogP contribution in [0.1, 0.15) is 0 Å². The van der Waals surface area contributed by atoms with Crippen LogP contribution in [-0.2, 0) is 0 Å². The molecule has 0 saturated heterocycles. The van der Waals surface area contributed by atoms with E-state index in [1.54, 1.807) is 12.1 Å². The van der Waals surface area contributed by atoms with Gasteiger partial charge in [0.05, 0.1) is 15.0 Å². The zero-order chi connectivity index (χ0) is 15.6. The number of hydrogen-bond acceptors (Lipinski definition) is 4. The summed E-state index contributed by atoms with van der Waals surface area (Å²) < 4.78 is 0. The number of nitro groups is 1. The Morgan fingerprint density at radius 2 is 1.48 bits per heavy atom. The maximum atomic E-state index is 10.7. The van der Waals surface area contributed by atoms with Gasteiger partial charge in [-0.25, -0.2) is 0 Å². The molecule has 0 aromatic heterocycles. The second-order valence-corrected chi connectivity index (χ2v) is 5.47. The minimum absolute atomic E-state index is 0.0491. The maximum absolute atomic E-state index is 10.7. The van der Waals surface area contributed by atoms with Crippen molar-refractivity contribution in [3.63, 3.8) is 0 Å². The molecule has 0 aliphatic rings. The van der Waals surface area contributed by atoms with Gasteiger partial charge in [-0.2, -0.15) is 0 Å². The van der Waals surface area contributed by atoms with Gasteiger partial charge in [-0.05, 0) is 24.3 Å². The molecule has 0 aliphatic carbocycles. The molecule has 0 unspecified atom stereocenters. The van der Waals surface area contributed by atoms with Crippen LogP contribution in [0, 0.1) is 10.1 Å². The lowest BCUT2D eigenvalue weighted by atomic mass is 10.3. The molecule has 0 spiro atoms. The van der Waals surface area contributed by atoms with E-state index in [4.69, 9.17) is 46.4 Å². The average Bonchev–Trinajstić information content (AvgIpc) is 2.42. The lowest BCUT2D eigenvalue weighted by molar-refractivity contribution is -0.384. The quantitative estimate of drug-likeness (QED) is 0.348. The standard InChI is InChI=1S/C12H5Cl4N3O2/c13-6-1-2-7(14)10(3-6)17-18-11-4-9(16)12(19(20)21)5-8(11)15/h1-5H. The van der Waals surface area contributed by atoms with Gasteiger partial charge < -0.3 is 0 Å². The molecule has 9 heteroatoms. The van der Waals surface area contributed by atoms with Crippen LogP contribution in [0.3, 0.4) is 0 Å². The molecule has 0 radical (unpaired) electrons. The third kappa shape index (κ3) is 3.83. The Balaban J connectivity index is 2.40. The lowest BCUT2D eigenvalue weighted by Crippen LogP contribution is -1.88. The summed E-state index contributed by atoms with van der Waals surface area (Å²) in [5.41, 5.74) is 0.222. The minimum atomic E-state index is -0.636. The number of nitro benzene ring substituents is 1. The molecule has 0 atom stereocenters. The molecule has 21 heavy (non-hydrogen) atoms. The predicted octanol–water partition coefficient (Wildman–Crippen LogP) is 6.62. The highest BCUT2D eigenvalue weighted by Crippen LogP contribution is 2.37. The highest BCUT2D eigenvalue weighted by atomic mass is 35.5. The van der Waals surface area contributed by atoms with Crippen LogP contribution in [-0.4, -0.2) is 4.92 Å². The van der Waals surface area contributed by atoms with E-state index in [0.29, 0.717) is 15.7 Å². The van der Waals surface area contributed by atoms with Crippen LogP contribution in [0.15, 0.2) is 40.6 Å². The highest BCUT2D eigenvalue weighted by Gasteiger charge is 2.16. The third-order valence-corrected chi connectivity index (χ3v) is 3.55. The highest BCUT2D eigenvalue weighted by molar-refractivity contribution is 6.36. The smallest absolute Gasteiger partial charge is 0.258 e. The van der Waals surface area contributed by atoms with Crippen molar-refractivity contribution in [2.75, 3.05) is 0 Å². The number of benzene rings is 2. The second kappa shape index (κ2) is 6.58. The Morgan fingerprint density at radius 1 is 0.857 bits per heavy atom. The number of hydrogen-bond donors (Lipinski definition) is 0. The predicted molar refractivity (Wildman–Crippen MR) is 83.8 cm³/mol. The van der Waals surface area contributed by atoms with E-state index in [-0.39, 0.29) is 21.4 Å². The van der Waals surface area contributed by atoms with Crippen LogP contribution in [0.5, 0.6) is 0 Å². The third-order valence-electron chi connectivity index (χ3n) is 2.39. The summed E-state index contributed by atoms with van der Waals surface area (Å²) in [7, 11) is 0. The van der Waals surface area contributed by atoms with Crippen molar-refractivity contribution in [3.05, 3.63) is 60.5 Å². The molecular weight excluding hydrogens is 360 g/mol. The molecule has 0 amide bonds. The van der Waals surface area contributed by atoms with Crippen molar-refractivity contribution in [3.8, 4) is 0 Å². The molecule has 108 valence electrons. The van der Waals surface area contributed by atoms with E-state index in [2.05, 4.69) is 10.2 Å². The Bertz CT molecular complexity index is 750. The first-order valence-corrected chi connectivity index (χ1v) is 6.90. The number of halogens is 4. The molecule has 0 bridgehead atoms. The lowest BCUT2D eigenvalue weighted by Gasteiger charge is -2.01. The fraction of sp³-hybridized carbons (Fsp3) is 0. The van der Waals surface area contributed by atoms with Crippen molar-refractivity contribution in [2.24, 2.45) is 10.2 Å². The molecule has 0 fully saturated rings. The number of nitrogens with zero attached hydrogens (tertiary/aromatic N) is 3. The summed E-state index contributed by atoms with van der Waals surface area (Å²) in [6.45, 7) is 0. The van der Waals surface area contributed by atoms with Crippen molar-refractivity contribution in [1.29, 1.82) is 0 Å². The van der Waals surface area contributed by atoms with E-state index in [9.17, 15) is 10.1 Å². The SMILES string of the molecule is O=[N+]([O-])c1cc(Cl)c(N=Nc2cc(Cl)ccc2Cl)cc1Cl. The van der Waals surface area contributed by atoms with Gasteiger partial charge in [-0.15, -0.1) is 10.2 Å². The van der Waals surface area contributed by atoms with Crippen LogP contribution in [0.4, 0.5) is 17.1 Å². The van der Waals surface area contributed by atoms with Gasteiger partial charge in [0.1, 0.15) is 16.4 Å². The van der Waals surface area contributed by atoms with E-state index >= 15 is 0 Å².